The summed E-state index contributed by atoms with van der Waals surface area (Å²) in [5.41, 5.74) is 9.67. The highest BCUT2D eigenvalue weighted by atomic mass is 79.9. The minimum atomic E-state index is -2.99. The van der Waals surface area contributed by atoms with Crippen molar-refractivity contribution in [3.63, 3.8) is 0 Å². The van der Waals surface area contributed by atoms with Crippen LogP contribution >= 0.6 is 15.9 Å². The summed E-state index contributed by atoms with van der Waals surface area (Å²) >= 11 is 3.52. The fourth-order valence-electron chi connectivity index (χ4n) is 3.56. The predicted octanol–water partition coefficient (Wildman–Crippen LogP) is 2.52. The first-order valence-electron chi connectivity index (χ1n) is 9.06. The van der Waals surface area contributed by atoms with Crippen molar-refractivity contribution in [1.82, 2.24) is 19.6 Å². The van der Waals surface area contributed by atoms with Gasteiger partial charge in [-0.05, 0) is 39.7 Å². The molecular formula is C19H17BrN6O2S. The first-order chi connectivity index (χ1) is 13.9. The van der Waals surface area contributed by atoms with Gasteiger partial charge in [0, 0.05) is 30.2 Å². The van der Waals surface area contributed by atoms with Gasteiger partial charge >= 0.3 is 0 Å². The number of hydrogen-bond donors (Lipinski definition) is 1. The van der Waals surface area contributed by atoms with Gasteiger partial charge in [0.25, 0.3) is 0 Å². The van der Waals surface area contributed by atoms with E-state index in [1.807, 2.05) is 35.2 Å². The van der Waals surface area contributed by atoms with E-state index in [2.05, 4.69) is 26.0 Å². The monoisotopic (exact) mass is 472 g/mol. The molecule has 8 nitrogen and oxygen atoms in total. The molecule has 0 aliphatic carbocycles. The molecule has 0 bridgehead atoms. The third-order valence-electron chi connectivity index (χ3n) is 5.16. The van der Waals surface area contributed by atoms with Crippen LogP contribution in [0.4, 0.5) is 11.6 Å². The molecule has 0 spiro atoms. The van der Waals surface area contributed by atoms with Gasteiger partial charge in [-0.2, -0.15) is 9.61 Å². The van der Waals surface area contributed by atoms with Gasteiger partial charge < -0.3 is 10.6 Å². The van der Waals surface area contributed by atoms with Gasteiger partial charge in [0.05, 0.1) is 23.2 Å². The Hall–Kier alpha value is -2.72. The maximum atomic E-state index is 11.8. The molecule has 1 aliphatic heterocycles. The average molecular weight is 473 g/mol. The molecule has 1 saturated heterocycles. The zero-order chi connectivity index (χ0) is 20.2. The lowest BCUT2D eigenvalue weighted by Crippen LogP contribution is -2.41. The third kappa shape index (κ3) is 3.12. The van der Waals surface area contributed by atoms with Crippen LogP contribution in [-0.2, 0) is 9.84 Å². The number of pyridine rings is 1. The fourth-order valence-corrected chi connectivity index (χ4v) is 5.27. The van der Waals surface area contributed by atoms with Crippen molar-refractivity contribution >= 4 is 54.0 Å². The Kier molecular flexibility index (Phi) is 4.21. The Morgan fingerprint density at radius 2 is 1.93 bits per heavy atom. The summed E-state index contributed by atoms with van der Waals surface area (Å²) in [6, 6.07) is 9.91. The minimum absolute atomic E-state index is 0.107. The van der Waals surface area contributed by atoms with Crippen molar-refractivity contribution in [2.45, 2.75) is 0 Å². The maximum absolute atomic E-state index is 11.8. The van der Waals surface area contributed by atoms with Gasteiger partial charge in [0.2, 0.25) is 0 Å². The van der Waals surface area contributed by atoms with Crippen LogP contribution in [0.5, 0.6) is 0 Å². The third-order valence-corrected chi connectivity index (χ3v) is 7.53. The Bertz CT molecular complexity index is 1350. The van der Waals surface area contributed by atoms with Crippen LogP contribution in [0.3, 0.4) is 0 Å². The van der Waals surface area contributed by atoms with Crippen LogP contribution in [0.25, 0.3) is 27.7 Å². The van der Waals surface area contributed by atoms with Crippen molar-refractivity contribution in [1.29, 1.82) is 0 Å². The number of halogens is 1. The zero-order valence-corrected chi connectivity index (χ0v) is 17.7. The molecule has 2 N–H and O–H groups in total. The van der Waals surface area contributed by atoms with Gasteiger partial charge in [-0.1, -0.05) is 12.1 Å². The molecule has 3 aromatic heterocycles. The molecule has 1 aliphatic rings. The number of nitrogens with two attached hydrogens (primary N) is 1. The quantitative estimate of drug-likeness (QED) is 0.477. The van der Waals surface area contributed by atoms with Gasteiger partial charge in [0.15, 0.2) is 15.5 Å². The van der Waals surface area contributed by atoms with Gasteiger partial charge in [0.1, 0.15) is 16.1 Å². The number of aromatic nitrogens is 4. The summed E-state index contributed by atoms with van der Waals surface area (Å²) < 4.78 is 25.8. The van der Waals surface area contributed by atoms with Crippen LogP contribution < -0.4 is 10.6 Å². The maximum Gasteiger partial charge on any atom is 0.167 e. The molecular weight excluding hydrogens is 456 g/mol. The Labute approximate surface area is 175 Å². The van der Waals surface area contributed by atoms with Gasteiger partial charge in [-0.15, -0.1) is 0 Å². The topological polar surface area (TPSA) is 106 Å². The molecule has 1 fully saturated rings. The zero-order valence-electron chi connectivity index (χ0n) is 15.3. The summed E-state index contributed by atoms with van der Waals surface area (Å²) in [6.45, 7) is 0.767. The number of fused-ring (bicyclic) bond motifs is 2. The van der Waals surface area contributed by atoms with Gasteiger partial charge in [-0.3, -0.25) is 4.98 Å². The Morgan fingerprint density at radius 3 is 2.72 bits per heavy atom. The van der Waals surface area contributed by atoms with E-state index < -0.39 is 9.84 Å². The van der Waals surface area contributed by atoms with E-state index in [9.17, 15) is 8.42 Å². The van der Waals surface area contributed by atoms with Crippen molar-refractivity contribution in [2.75, 3.05) is 35.2 Å². The molecule has 5 rings (SSSR count). The second-order valence-electron chi connectivity index (χ2n) is 6.98. The summed E-state index contributed by atoms with van der Waals surface area (Å²) in [4.78, 5) is 11.1. The molecule has 4 aromatic rings. The first-order valence-corrected chi connectivity index (χ1v) is 11.7. The highest BCUT2D eigenvalue weighted by Gasteiger charge is 2.26. The van der Waals surface area contributed by atoms with Crippen LogP contribution in [0.1, 0.15) is 0 Å². The van der Waals surface area contributed by atoms with E-state index >= 15 is 0 Å². The van der Waals surface area contributed by atoms with E-state index in [1.54, 1.807) is 16.9 Å². The highest BCUT2D eigenvalue weighted by molar-refractivity contribution is 9.10. The van der Waals surface area contributed by atoms with Crippen LogP contribution in [-0.4, -0.2) is 52.6 Å². The number of nitrogens with zero attached hydrogens (tertiary/aromatic N) is 5. The standard InChI is InChI=1S/C19H17BrN6O2S/c20-16-17(21)26-18(24-19(16)25-6-8-29(27,28)9-7-25)14(11-23-26)12-3-4-15-13(10-12)2-1-5-22-15/h1-5,10-11H,6-9,21H2. The van der Waals surface area contributed by atoms with Crippen LogP contribution in [0.15, 0.2) is 47.2 Å². The van der Waals surface area contributed by atoms with E-state index in [-0.39, 0.29) is 11.5 Å². The van der Waals surface area contributed by atoms with Crippen molar-refractivity contribution < 1.29 is 8.42 Å². The number of anilines is 2. The van der Waals surface area contributed by atoms with E-state index in [0.29, 0.717) is 34.8 Å². The van der Waals surface area contributed by atoms with Crippen molar-refractivity contribution in [3.05, 3.63) is 47.2 Å². The molecule has 0 saturated carbocycles. The molecule has 4 heterocycles. The summed E-state index contributed by atoms with van der Waals surface area (Å²) in [5, 5.41) is 5.44. The molecule has 10 heteroatoms. The minimum Gasteiger partial charge on any atom is -0.383 e. The molecule has 0 amide bonds. The van der Waals surface area contributed by atoms with E-state index in [1.165, 1.54) is 0 Å². The number of hydrogen-bond acceptors (Lipinski definition) is 7. The second kappa shape index (κ2) is 6.67. The second-order valence-corrected chi connectivity index (χ2v) is 10.1. The fraction of sp³-hybridized carbons (Fsp3) is 0.211. The van der Waals surface area contributed by atoms with Crippen LogP contribution in [0.2, 0.25) is 0 Å². The lowest BCUT2D eigenvalue weighted by molar-refractivity contribution is 0.586. The molecule has 0 radical (unpaired) electrons. The Morgan fingerprint density at radius 1 is 1.14 bits per heavy atom. The van der Waals surface area contributed by atoms with Crippen molar-refractivity contribution in [3.8, 4) is 11.1 Å². The summed E-state index contributed by atoms with van der Waals surface area (Å²) in [7, 11) is -2.99. The molecule has 1 aromatic carbocycles. The Balaban J connectivity index is 1.65. The smallest absolute Gasteiger partial charge is 0.167 e. The lowest BCUT2D eigenvalue weighted by Gasteiger charge is -2.28. The largest absolute Gasteiger partial charge is 0.383 e. The molecule has 0 unspecified atom stereocenters. The van der Waals surface area contributed by atoms with E-state index in [4.69, 9.17) is 10.7 Å². The highest BCUT2D eigenvalue weighted by Crippen LogP contribution is 2.35. The number of nitrogen functional groups attached to an aromatic ring is 1. The number of rotatable bonds is 2. The molecule has 148 valence electrons. The van der Waals surface area contributed by atoms with E-state index in [0.717, 1.165) is 22.0 Å². The lowest BCUT2D eigenvalue weighted by atomic mass is 10.1. The molecule has 29 heavy (non-hydrogen) atoms. The van der Waals surface area contributed by atoms with Gasteiger partial charge in [-0.25, -0.2) is 13.4 Å². The number of sulfone groups is 1. The predicted molar refractivity (Wildman–Crippen MR) is 117 cm³/mol. The normalized spacial score (nSPS) is 16.5. The SMILES string of the molecule is Nc1c(Br)c(N2CCS(=O)(=O)CC2)nc2c(-c3ccc4ncccc4c3)cnn12. The van der Waals surface area contributed by atoms with Crippen molar-refractivity contribution in [2.24, 2.45) is 0 Å². The summed E-state index contributed by atoms with van der Waals surface area (Å²) in [5.74, 6) is 1.27. The van der Waals surface area contributed by atoms with Crippen LogP contribution in [0, 0.1) is 0 Å². The average Bonchev–Trinajstić information content (AvgIpc) is 3.14. The number of benzene rings is 1. The summed E-state index contributed by atoms with van der Waals surface area (Å²) in [6.07, 6.45) is 3.51. The molecule has 0 atom stereocenters. The first kappa shape index (κ1) is 18.3.